The second-order valence-corrected chi connectivity index (χ2v) is 3.01. The maximum Gasteiger partial charge on any atom is 0.404 e. The van der Waals surface area contributed by atoms with Crippen LogP contribution in [0.3, 0.4) is 0 Å². The van der Waals surface area contributed by atoms with Gasteiger partial charge >= 0.3 is 6.09 Å². The van der Waals surface area contributed by atoms with E-state index in [0.29, 0.717) is 19.7 Å². The first-order valence-corrected chi connectivity index (χ1v) is 4.27. The Balaban J connectivity index is 2.32. The SMILES string of the molecule is N=C(N)N1CCOC(CNC(=O)O)C1. The van der Waals surface area contributed by atoms with Crippen molar-refractivity contribution < 1.29 is 14.6 Å². The summed E-state index contributed by atoms with van der Waals surface area (Å²) in [6.07, 6.45) is -1.31. The zero-order valence-corrected chi connectivity index (χ0v) is 7.69. The molecule has 80 valence electrons. The van der Waals surface area contributed by atoms with E-state index in [-0.39, 0.29) is 18.6 Å². The van der Waals surface area contributed by atoms with Crippen LogP contribution in [0.5, 0.6) is 0 Å². The van der Waals surface area contributed by atoms with Crippen molar-refractivity contribution in [2.45, 2.75) is 6.10 Å². The van der Waals surface area contributed by atoms with Gasteiger partial charge in [-0.1, -0.05) is 0 Å². The van der Waals surface area contributed by atoms with Crippen molar-refractivity contribution in [1.82, 2.24) is 10.2 Å². The number of morpholine rings is 1. The lowest BCUT2D eigenvalue weighted by Crippen LogP contribution is -2.51. The van der Waals surface area contributed by atoms with Crippen LogP contribution in [0.2, 0.25) is 0 Å². The molecule has 1 heterocycles. The number of carbonyl (C=O) groups is 1. The third-order valence-electron chi connectivity index (χ3n) is 1.96. The van der Waals surface area contributed by atoms with Gasteiger partial charge in [0.25, 0.3) is 0 Å². The molecule has 7 nitrogen and oxygen atoms in total. The third kappa shape index (κ3) is 3.09. The number of hydrogen-bond acceptors (Lipinski definition) is 3. The maximum atomic E-state index is 10.2. The van der Waals surface area contributed by atoms with Crippen molar-refractivity contribution in [1.29, 1.82) is 5.41 Å². The quantitative estimate of drug-likeness (QED) is 0.333. The highest BCUT2D eigenvalue weighted by atomic mass is 16.5. The molecule has 0 spiro atoms. The first-order chi connectivity index (χ1) is 6.59. The summed E-state index contributed by atoms with van der Waals surface area (Å²) in [5.74, 6) is -0.00590. The van der Waals surface area contributed by atoms with Gasteiger partial charge in [-0.3, -0.25) is 5.41 Å². The molecule has 0 aromatic carbocycles. The number of rotatable bonds is 2. The summed E-state index contributed by atoms with van der Waals surface area (Å²) in [6, 6.07) is 0. The highest BCUT2D eigenvalue weighted by Gasteiger charge is 2.21. The van der Waals surface area contributed by atoms with E-state index in [9.17, 15) is 4.79 Å². The van der Waals surface area contributed by atoms with Gasteiger partial charge in [-0.15, -0.1) is 0 Å². The van der Waals surface area contributed by atoms with E-state index >= 15 is 0 Å². The summed E-state index contributed by atoms with van der Waals surface area (Å²) < 4.78 is 5.29. The first kappa shape index (κ1) is 10.6. The third-order valence-corrected chi connectivity index (χ3v) is 1.96. The van der Waals surface area contributed by atoms with Crippen molar-refractivity contribution in [3.8, 4) is 0 Å². The van der Waals surface area contributed by atoms with Gasteiger partial charge < -0.3 is 25.8 Å². The van der Waals surface area contributed by atoms with E-state index in [1.807, 2.05) is 0 Å². The number of ether oxygens (including phenoxy) is 1. The Bertz CT molecular complexity index is 233. The van der Waals surface area contributed by atoms with Crippen LogP contribution in [-0.2, 0) is 4.74 Å². The summed E-state index contributed by atoms with van der Waals surface area (Å²) in [7, 11) is 0. The summed E-state index contributed by atoms with van der Waals surface area (Å²) in [5.41, 5.74) is 5.30. The molecule has 1 unspecified atom stereocenters. The fraction of sp³-hybridized carbons (Fsp3) is 0.714. The summed E-state index contributed by atoms with van der Waals surface area (Å²) in [5, 5.41) is 17.8. The number of hydrogen-bond donors (Lipinski definition) is 4. The molecule has 0 aliphatic carbocycles. The Morgan fingerprint density at radius 1 is 1.79 bits per heavy atom. The van der Waals surface area contributed by atoms with E-state index in [1.165, 1.54) is 0 Å². The number of guanidine groups is 1. The molecule has 0 aromatic rings. The largest absolute Gasteiger partial charge is 0.465 e. The second-order valence-electron chi connectivity index (χ2n) is 3.01. The number of carboxylic acid groups (broad SMARTS) is 1. The van der Waals surface area contributed by atoms with Gasteiger partial charge in [0.1, 0.15) is 0 Å². The summed E-state index contributed by atoms with van der Waals surface area (Å²) in [4.78, 5) is 11.9. The van der Waals surface area contributed by atoms with Gasteiger partial charge in [0.15, 0.2) is 5.96 Å². The highest BCUT2D eigenvalue weighted by Crippen LogP contribution is 2.03. The van der Waals surface area contributed by atoms with Gasteiger partial charge in [-0.25, -0.2) is 4.79 Å². The molecule has 0 saturated carbocycles. The van der Waals surface area contributed by atoms with Crippen molar-refractivity contribution in [2.75, 3.05) is 26.2 Å². The average molecular weight is 202 g/mol. The maximum absolute atomic E-state index is 10.2. The standard InChI is InChI=1S/C7H14N4O3/c8-6(9)11-1-2-14-5(4-11)3-10-7(12)13/h5,10H,1-4H2,(H3,8,9)(H,12,13). The van der Waals surface area contributed by atoms with Crippen molar-refractivity contribution in [2.24, 2.45) is 5.73 Å². The Labute approximate surface area is 81.3 Å². The molecule has 1 aliphatic rings. The van der Waals surface area contributed by atoms with Crippen LogP contribution in [0, 0.1) is 5.41 Å². The van der Waals surface area contributed by atoms with Gasteiger partial charge in [0, 0.05) is 19.6 Å². The lowest BCUT2D eigenvalue weighted by atomic mass is 10.3. The van der Waals surface area contributed by atoms with E-state index < -0.39 is 6.09 Å². The van der Waals surface area contributed by atoms with Gasteiger partial charge in [0.05, 0.1) is 12.7 Å². The molecule has 0 radical (unpaired) electrons. The van der Waals surface area contributed by atoms with E-state index in [1.54, 1.807) is 4.90 Å². The van der Waals surface area contributed by atoms with Crippen molar-refractivity contribution >= 4 is 12.1 Å². The molecule has 5 N–H and O–H groups in total. The van der Waals surface area contributed by atoms with Crippen LogP contribution in [0.15, 0.2) is 0 Å². The molecule has 1 rings (SSSR count). The fourth-order valence-corrected chi connectivity index (χ4v) is 1.26. The summed E-state index contributed by atoms with van der Waals surface area (Å²) in [6.45, 7) is 1.72. The fourth-order valence-electron chi connectivity index (χ4n) is 1.26. The molecular weight excluding hydrogens is 188 g/mol. The number of nitrogens with one attached hydrogen (secondary N) is 2. The van der Waals surface area contributed by atoms with Crippen LogP contribution in [0.1, 0.15) is 0 Å². The van der Waals surface area contributed by atoms with E-state index in [0.717, 1.165) is 0 Å². The van der Waals surface area contributed by atoms with Crippen LogP contribution in [-0.4, -0.2) is 54.4 Å². The van der Waals surface area contributed by atoms with Crippen molar-refractivity contribution in [3.05, 3.63) is 0 Å². The minimum absolute atomic E-state index is 0.00590. The molecule has 0 bridgehead atoms. The van der Waals surface area contributed by atoms with Crippen LogP contribution in [0.4, 0.5) is 4.79 Å². The van der Waals surface area contributed by atoms with Crippen LogP contribution in [0.25, 0.3) is 0 Å². The zero-order chi connectivity index (χ0) is 10.6. The molecular formula is C7H14N4O3. The van der Waals surface area contributed by atoms with Crippen LogP contribution >= 0.6 is 0 Å². The number of nitrogens with zero attached hydrogens (tertiary/aromatic N) is 1. The van der Waals surface area contributed by atoms with Gasteiger partial charge in [0.2, 0.25) is 0 Å². The monoisotopic (exact) mass is 202 g/mol. The predicted molar refractivity (Wildman–Crippen MR) is 49.3 cm³/mol. The molecule has 14 heavy (non-hydrogen) atoms. The Hall–Kier alpha value is -1.50. The molecule has 7 heteroatoms. The summed E-state index contributed by atoms with van der Waals surface area (Å²) >= 11 is 0. The Kier molecular flexibility index (Phi) is 3.52. The first-order valence-electron chi connectivity index (χ1n) is 4.27. The lowest BCUT2D eigenvalue weighted by Gasteiger charge is -2.32. The van der Waals surface area contributed by atoms with E-state index in [2.05, 4.69) is 5.32 Å². The minimum Gasteiger partial charge on any atom is -0.465 e. The smallest absolute Gasteiger partial charge is 0.404 e. The minimum atomic E-state index is -1.08. The second kappa shape index (κ2) is 4.66. The van der Waals surface area contributed by atoms with Crippen LogP contribution < -0.4 is 11.1 Å². The number of amides is 1. The molecule has 1 amide bonds. The molecule has 0 aromatic heterocycles. The molecule has 1 aliphatic heterocycles. The van der Waals surface area contributed by atoms with Crippen molar-refractivity contribution in [3.63, 3.8) is 0 Å². The Morgan fingerprint density at radius 3 is 3.07 bits per heavy atom. The van der Waals surface area contributed by atoms with Gasteiger partial charge in [-0.2, -0.15) is 0 Å². The average Bonchev–Trinajstić information content (AvgIpc) is 2.15. The predicted octanol–water partition coefficient (Wildman–Crippen LogP) is -1.15. The number of nitrogens with two attached hydrogens (primary N) is 1. The lowest BCUT2D eigenvalue weighted by molar-refractivity contribution is -0.00442. The topological polar surface area (TPSA) is 112 Å². The molecule has 1 atom stereocenters. The van der Waals surface area contributed by atoms with Gasteiger partial charge in [-0.05, 0) is 0 Å². The highest BCUT2D eigenvalue weighted by molar-refractivity contribution is 5.74. The zero-order valence-electron chi connectivity index (χ0n) is 7.69. The Morgan fingerprint density at radius 2 is 2.50 bits per heavy atom. The van der Waals surface area contributed by atoms with E-state index in [4.69, 9.17) is 21.0 Å². The molecule has 1 fully saturated rings. The normalized spacial score (nSPS) is 21.7. The molecule has 1 saturated heterocycles.